The molecule has 4 heteroatoms. The van der Waals surface area contributed by atoms with Gasteiger partial charge >= 0.3 is 0 Å². The highest BCUT2D eigenvalue weighted by Gasteiger charge is 2.17. The predicted molar refractivity (Wildman–Crippen MR) is 121 cm³/mol. The molecule has 0 spiro atoms. The van der Waals surface area contributed by atoms with Crippen molar-refractivity contribution >= 4 is 55.5 Å². The van der Waals surface area contributed by atoms with Crippen LogP contribution < -0.4 is 5.32 Å². The first-order valence-electron chi connectivity index (χ1n) is 9.82. The summed E-state index contributed by atoms with van der Waals surface area (Å²) in [5.74, 6) is -0.129. The van der Waals surface area contributed by atoms with Gasteiger partial charge in [-0.1, -0.05) is 48.5 Å². The van der Waals surface area contributed by atoms with Gasteiger partial charge in [-0.2, -0.15) is 0 Å². The molecule has 0 fully saturated rings. The van der Waals surface area contributed by atoms with E-state index in [0.29, 0.717) is 11.3 Å². The molecule has 2 heterocycles. The summed E-state index contributed by atoms with van der Waals surface area (Å²) in [5, 5.41) is 7.07. The van der Waals surface area contributed by atoms with Crippen molar-refractivity contribution in [3.05, 3.63) is 78.9 Å². The number of hydrogen-bond acceptors (Lipinski definition) is 3. The summed E-state index contributed by atoms with van der Waals surface area (Å²) in [4.78, 5) is 11.7. The van der Waals surface area contributed by atoms with Crippen molar-refractivity contribution in [3.63, 3.8) is 0 Å². The smallest absolute Gasteiger partial charge is 0.221 e. The molecule has 1 N–H and O–H groups in total. The first-order chi connectivity index (χ1) is 14.7. The van der Waals surface area contributed by atoms with Crippen LogP contribution in [0.5, 0.6) is 0 Å². The molecule has 2 aromatic heterocycles. The molecule has 4 nitrogen and oxygen atoms in total. The van der Waals surface area contributed by atoms with Crippen LogP contribution in [0.25, 0.3) is 55.0 Å². The fourth-order valence-electron chi connectivity index (χ4n) is 4.25. The molecule has 0 aliphatic rings. The zero-order valence-corrected chi connectivity index (χ0v) is 16.2. The maximum atomic E-state index is 11.7. The van der Waals surface area contributed by atoms with E-state index in [-0.39, 0.29) is 5.91 Å². The Bertz CT molecular complexity index is 1600. The Balaban J connectivity index is 1.68. The SMILES string of the molecule is CC(=O)Nc1ccc(-c2ccc3oc4ccccc4c3c2)c2c1oc1ccccc12. The maximum Gasteiger partial charge on any atom is 0.221 e. The molecule has 4 aromatic carbocycles. The van der Waals surface area contributed by atoms with Crippen LogP contribution in [0.3, 0.4) is 0 Å². The van der Waals surface area contributed by atoms with E-state index in [9.17, 15) is 4.79 Å². The standard InChI is InChI=1S/C26H17NO3/c1-15(28)27-21-12-11-17(25-19-7-3-5-9-23(19)30-26(21)25)16-10-13-24-20(14-16)18-6-2-4-8-22(18)29-24/h2-14H,1H3,(H,27,28). The molecular formula is C26H17NO3. The van der Waals surface area contributed by atoms with Crippen LogP contribution in [-0.2, 0) is 4.79 Å². The Morgan fingerprint density at radius 1 is 0.733 bits per heavy atom. The number of benzene rings is 4. The van der Waals surface area contributed by atoms with E-state index >= 15 is 0 Å². The number of furan rings is 2. The Morgan fingerprint density at radius 3 is 2.23 bits per heavy atom. The van der Waals surface area contributed by atoms with Gasteiger partial charge in [0.25, 0.3) is 0 Å². The maximum absolute atomic E-state index is 11.7. The molecule has 0 aliphatic carbocycles. The number of rotatable bonds is 2. The lowest BCUT2D eigenvalue weighted by atomic mass is 9.97. The Morgan fingerprint density at radius 2 is 1.43 bits per heavy atom. The summed E-state index contributed by atoms with van der Waals surface area (Å²) < 4.78 is 12.1. The van der Waals surface area contributed by atoms with E-state index in [2.05, 4.69) is 23.5 Å². The van der Waals surface area contributed by atoms with E-state index in [1.807, 2.05) is 60.7 Å². The molecule has 0 unspecified atom stereocenters. The first kappa shape index (κ1) is 16.9. The monoisotopic (exact) mass is 391 g/mol. The third-order valence-electron chi connectivity index (χ3n) is 5.52. The largest absolute Gasteiger partial charge is 0.456 e. The van der Waals surface area contributed by atoms with Crippen molar-refractivity contribution in [1.29, 1.82) is 0 Å². The van der Waals surface area contributed by atoms with E-state index in [0.717, 1.165) is 49.4 Å². The minimum atomic E-state index is -0.129. The van der Waals surface area contributed by atoms with Crippen LogP contribution in [0, 0.1) is 0 Å². The molecule has 0 atom stereocenters. The van der Waals surface area contributed by atoms with E-state index < -0.39 is 0 Å². The van der Waals surface area contributed by atoms with Crippen molar-refractivity contribution < 1.29 is 13.6 Å². The van der Waals surface area contributed by atoms with Crippen LogP contribution in [-0.4, -0.2) is 5.91 Å². The lowest BCUT2D eigenvalue weighted by molar-refractivity contribution is -0.114. The third-order valence-corrected chi connectivity index (χ3v) is 5.52. The van der Waals surface area contributed by atoms with Crippen molar-refractivity contribution in [2.24, 2.45) is 0 Å². The van der Waals surface area contributed by atoms with Gasteiger partial charge in [-0.3, -0.25) is 4.79 Å². The van der Waals surface area contributed by atoms with Gasteiger partial charge in [-0.05, 0) is 41.5 Å². The Hall–Kier alpha value is -4.05. The van der Waals surface area contributed by atoms with Crippen LogP contribution in [0.15, 0.2) is 87.7 Å². The fourth-order valence-corrected chi connectivity index (χ4v) is 4.25. The van der Waals surface area contributed by atoms with Gasteiger partial charge < -0.3 is 14.2 Å². The summed E-state index contributed by atoms with van der Waals surface area (Å²) in [6.45, 7) is 1.50. The zero-order chi connectivity index (χ0) is 20.2. The van der Waals surface area contributed by atoms with Gasteiger partial charge in [0, 0.05) is 28.5 Å². The van der Waals surface area contributed by atoms with Crippen LogP contribution >= 0.6 is 0 Å². The van der Waals surface area contributed by atoms with Crippen molar-refractivity contribution in [2.45, 2.75) is 6.92 Å². The summed E-state index contributed by atoms with van der Waals surface area (Å²) >= 11 is 0. The number of fused-ring (bicyclic) bond motifs is 6. The lowest BCUT2D eigenvalue weighted by Gasteiger charge is -2.08. The molecule has 0 aliphatic heterocycles. The Labute approximate surface area is 171 Å². The summed E-state index contributed by atoms with van der Waals surface area (Å²) in [6, 6.07) is 26.2. The van der Waals surface area contributed by atoms with E-state index in [4.69, 9.17) is 8.83 Å². The Kier molecular flexibility index (Phi) is 3.50. The second-order valence-corrected chi connectivity index (χ2v) is 7.45. The number of anilines is 1. The molecule has 144 valence electrons. The van der Waals surface area contributed by atoms with Crippen LogP contribution in [0.4, 0.5) is 5.69 Å². The fraction of sp³-hybridized carbons (Fsp3) is 0.0385. The van der Waals surface area contributed by atoms with Gasteiger partial charge in [0.1, 0.15) is 16.7 Å². The van der Waals surface area contributed by atoms with Gasteiger partial charge in [0.05, 0.1) is 5.69 Å². The first-order valence-corrected chi connectivity index (χ1v) is 9.82. The number of para-hydroxylation sites is 2. The summed E-state index contributed by atoms with van der Waals surface area (Å²) in [6.07, 6.45) is 0. The van der Waals surface area contributed by atoms with Gasteiger partial charge in [0.2, 0.25) is 5.91 Å². The highest BCUT2D eigenvalue weighted by atomic mass is 16.3. The molecule has 0 saturated carbocycles. The molecule has 6 rings (SSSR count). The predicted octanol–water partition coefficient (Wildman–Crippen LogP) is 7.11. The molecule has 0 radical (unpaired) electrons. The normalized spacial score (nSPS) is 11.6. The molecular weight excluding hydrogens is 374 g/mol. The minimum absolute atomic E-state index is 0.129. The zero-order valence-electron chi connectivity index (χ0n) is 16.2. The van der Waals surface area contributed by atoms with Crippen LogP contribution in [0.2, 0.25) is 0 Å². The molecule has 1 amide bonds. The molecule has 0 saturated heterocycles. The second kappa shape index (κ2) is 6.22. The quantitative estimate of drug-likeness (QED) is 0.342. The molecule has 6 aromatic rings. The highest BCUT2D eigenvalue weighted by molar-refractivity contribution is 6.17. The van der Waals surface area contributed by atoms with Crippen molar-refractivity contribution in [3.8, 4) is 11.1 Å². The average Bonchev–Trinajstić information content (AvgIpc) is 3.32. The minimum Gasteiger partial charge on any atom is -0.456 e. The topological polar surface area (TPSA) is 55.4 Å². The third kappa shape index (κ3) is 2.44. The number of carbonyl (C=O) groups is 1. The number of carbonyl (C=O) groups excluding carboxylic acids is 1. The van der Waals surface area contributed by atoms with Gasteiger partial charge in [-0.25, -0.2) is 0 Å². The lowest BCUT2D eigenvalue weighted by Crippen LogP contribution is -2.05. The van der Waals surface area contributed by atoms with E-state index in [1.165, 1.54) is 6.92 Å². The molecule has 30 heavy (non-hydrogen) atoms. The van der Waals surface area contributed by atoms with Crippen LogP contribution in [0.1, 0.15) is 6.92 Å². The van der Waals surface area contributed by atoms with Gasteiger partial charge in [0.15, 0.2) is 5.58 Å². The number of hydrogen-bond donors (Lipinski definition) is 1. The number of amides is 1. The van der Waals surface area contributed by atoms with Crippen molar-refractivity contribution in [2.75, 3.05) is 5.32 Å². The highest BCUT2D eigenvalue weighted by Crippen LogP contribution is 2.41. The molecule has 0 bridgehead atoms. The average molecular weight is 391 g/mol. The summed E-state index contributed by atoms with van der Waals surface area (Å²) in [7, 11) is 0. The second-order valence-electron chi connectivity index (χ2n) is 7.45. The van der Waals surface area contributed by atoms with Gasteiger partial charge in [-0.15, -0.1) is 0 Å². The van der Waals surface area contributed by atoms with E-state index in [1.54, 1.807) is 0 Å². The number of nitrogens with one attached hydrogen (secondary N) is 1. The van der Waals surface area contributed by atoms with Crippen molar-refractivity contribution in [1.82, 2.24) is 0 Å². The summed E-state index contributed by atoms with van der Waals surface area (Å²) in [5.41, 5.74) is 6.01.